The van der Waals surface area contributed by atoms with Crippen LogP contribution in [0.25, 0.3) is 0 Å². The molecule has 0 radical (unpaired) electrons. The second kappa shape index (κ2) is 6.78. The van der Waals surface area contributed by atoms with Gasteiger partial charge in [0.05, 0.1) is 6.61 Å². The van der Waals surface area contributed by atoms with E-state index in [-0.39, 0.29) is 12.5 Å². The zero-order valence-corrected chi connectivity index (χ0v) is 11.9. The van der Waals surface area contributed by atoms with Gasteiger partial charge in [0.1, 0.15) is 5.69 Å². The van der Waals surface area contributed by atoms with Gasteiger partial charge in [0.15, 0.2) is 0 Å². The molecule has 0 bridgehead atoms. The van der Waals surface area contributed by atoms with Crippen LogP contribution in [0, 0.1) is 5.92 Å². The molecule has 1 aliphatic rings. The molecule has 0 saturated carbocycles. The molecule has 1 aliphatic heterocycles. The molecule has 6 heteroatoms. The highest BCUT2D eigenvalue weighted by Gasteiger charge is 2.29. The van der Waals surface area contributed by atoms with Crippen LogP contribution in [0.5, 0.6) is 0 Å². The molecule has 1 saturated heterocycles. The number of hydrogen-bond donors (Lipinski definition) is 4. The van der Waals surface area contributed by atoms with Gasteiger partial charge in [-0.1, -0.05) is 0 Å². The van der Waals surface area contributed by atoms with Gasteiger partial charge in [-0.15, -0.1) is 0 Å². The van der Waals surface area contributed by atoms with Gasteiger partial charge < -0.3 is 10.4 Å². The Morgan fingerprint density at radius 2 is 2.10 bits per heavy atom. The molecule has 0 aromatic carbocycles. The molecule has 1 aromatic heterocycles. The first-order valence-electron chi connectivity index (χ1n) is 6.97. The lowest BCUT2D eigenvalue weighted by atomic mass is 9.93. The highest BCUT2D eigenvalue weighted by molar-refractivity contribution is 5.92. The lowest BCUT2D eigenvalue weighted by molar-refractivity contribution is 0.0945. The number of nitrogens with one attached hydrogen (secondary N) is 3. The Balaban J connectivity index is 1.83. The summed E-state index contributed by atoms with van der Waals surface area (Å²) in [5.41, 5.74) is 7.44. The fourth-order valence-corrected chi connectivity index (χ4v) is 2.55. The van der Waals surface area contributed by atoms with Crippen LogP contribution in [-0.4, -0.2) is 34.6 Å². The van der Waals surface area contributed by atoms with Crippen LogP contribution >= 0.6 is 0 Å². The van der Waals surface area contributed by atoms with Gasteiger partial charge in [-0.3, -0.25) is 20.6 Å². The highest BCUT2D eigenvalue weighted by atomic mass is 16.3. The summed E-state index contributed by atoms with van der Waals surface area (Å²) in [6.45, 7) is 4.80. The minimum atomic E-state index is -0.195. The Bertz CT molecular complexity index is 456. The zero-order valence-electron chi connectivity index (χ0n) is 11.9. The largest absolute Gasteiger partial charge is 0.392 e. The van der Waals surface area contributed by atoms with Crippen LogP contribution < -0.4 is 16.2 Å². The summed E-state index contributed by atoms with van der Waals surface area (Å²) in [7, 11) is 0. The van der Waals surface area contributed by atoms with Crippen LogP contribution in [0.15, 0.2) is 18.3 Å². The molecule has 2 heterocycles. The van der Waals surface area contributed by atoms with Crippen molar-refractivity contribution in [2.45, 2.75) is 39.0 Å². The number of nitrogens with zero attached hydrogens (tertiary/aromatic N) is 1. The number of rotatable bonds is 5. The SMILES string of the molecule is CC1NNC(C)C1CCNC(=O)c1cc(CO)ccn1. The quantitative estimate of drug-likeness (QED) is 0.618. The zero-order chi connectivity index (χ0) is 14.5. The number of aliphatic hydroxyl groups is 1. The van der Waals surface area contributed by atoms with Crippen LogP contribution in [0.2, 0.25) is 0 Å². The maximum absolute atomic E-state index is 12.0. The number of carbonyl (C=O) groups is 1. The van der Waals surface area contributed by atoms with E-state index in [2.05, 4.69) is 35.0 Å². The third-order valence-electron chi connectivity index (χ3n) is 3.83. The number of amides is 1. The minimum absolute atomic E-state index is 0.0861. The second-order valence-corrected chi connectivity index (χ2v) is 5.28. The van der Waals surface area contributed by atoms with Crippen molar-refractivity contribution in [3.8, 4) is 0 Å². The van der Waals surface area contributed by atoms with E-state index < -0.39 is 0 Å². The highest BCUT2D eigenvalue weighted by Crippen LogP contribution is 2.17. The van der Waals surface area contributed by atoms with Crippen LogP contribution in [-0.2, 0) is 6.61 Å². The maximum Gasteiger partial charge on any atom is 0.269 e. The van der Waals surface area contributed by atoms with Gasteiger partial charge in [0, 0.05) is 24.8 Å². The molecule has 1 amide bonds. The summed E-state index contributed by atoms with van der Waals surface area (Å²) in [5, 5.41) is 11.9. The maximum atomic E-state index is 12.0. The van der Waals surface area contributed by atoms with Crippen molar-refractivity contribution in [2.24, 2.45) is 5.92 Å². The first kappa shape index (κ1) is 14.9. The third-order valence-corrected chi connectivity index (χ3v) is 3.83. The van der Waals surface area contributed by atoms with Crippen molar-refractivity contribution in [3.63, 3.8) is 0 Å². The molecule has 20 heavy (non-hydrogen) atoms. The van der Waals surface area contributed by atoms with Crippen molar-refractivity contribution in [1.82, 2.24) is 21.2 Å². The first-order chi connectivity index (χ1) is 9.61. The predicted molar refractivity (Wildman–Crippen MR) is 75.8 cm³/mol. The summed E-state index contributed by atoms with van der Waals surface area (Å²) in [4.78, 5) is 16.0. The van der Waals surface area contributed by atoms with E-state index in [1.165, 1.54) is 6.20 Å². The van der Waals surface area contributed by atoms with Gasteiger partial charge >= 0.3 is 0 Å². The lowest BCUT2D eigenvalue weighted by Crippen LogP contribution is -2.31. The summed E-state index contributed by atoms with van der Waals surface area (Å²) in [6.07, 6.45) is 2.45. The Hall–Kier alpha value is -1.50. The van der Waals surface area contributed by atoms with Gasteiger partial charge in [0.25, 0.3) is 5.91 Å². The number of hydrazine groups is 1. The molecule has 2 unspecified atom stereocenters. The summed E-state index contributed by atoms with van der Waals surface area (Å²) in [6, 6.07) is 4.10. The topological polar surface area (TPSA) is 86.3 Å². The molecule has 6 nitrogen and oxygen atoms in total. The molecule has 0 aliphatic carbocycles. The van der Waals surface area contributed by atoms with E-state index in [1.807, 2.05) is 0 Å². The standard InChI is InChI=1S/C14H22N4O2/c1-9-12(10(2)18-17-9)4-6-16-14(20)13-7-11(8-19)3-5-15-13/h3,5,7,9-10,12,17-19H,4,6,8H2,1-2H3,(H,16,20). The van der Waals surface area contributed by atoms with Crippen molar-refractivity contribution < 1.29 is 9.90 Å². The van der Waals surface area contributed by atoms with Crippen molar-refractivity contribution in [2.75, 3.05) is 6.54 Å². The molecular formula is C14H22N4O2. The number of carbonyl (C=O) groups excluding carboxylic acids is 1. The monoisotopic (exact) mass is 278 g/mol. The fourth-order valence-electron chi connectivity index (χ4n) is 2.55. The number of pyridine rings is 1. The van der Waals surface area contributed by atoms with Crippen LogP contribution in [0.3, 0.4) is 0 Å². The van der Waals surface area contributed by atoms with Crippen LogP contribution in [0.1, 0.15) is 36.3 Å². The van der Waals surface area contributed by atoms with E-state index in [4.69, 9.17) is 5.11 Å². The summed E-state index contributed by atoms with van der Waals surface area (Å²) in [5.74, 6) is 0.298. The Morgan fingerprint density at radius 1 is 1.40 bits per heavy atom. The molecule has 110 valence electrons. The average Bonchev–Trinajstić information content (AvgIpc) is 2.79. The van der Waals surface area contributed by atoms with Gasteiger partial charge in [-0.2, -0.15) is 0 Å². The van der Waals surface area contributed by atoms with Crippen LogP contribution in [0.4, 0.5) is 0 Å². The van der Waals surface area contributed by atoms with Crippen molar-refractivity contribution in [3.05, 3.63) is 29.6 Å². The Morgan fingerprint density at radius 3 is 2.75 bits per heavy atom. The normalized spacial score (nSPS) is 25.6. The average molecular weight is 278 g/mol. The lowest BCUT2D eigenvalue weighted by Gasteiger charge is -2.17. The number of aliphatic hydroxyl groups excluding tert-OH is 1. The molecule has 1 fully saturated rings. The number of aromatic nitrogens is 1. The Labute approximate surface area is 119 Å². The van der Waals surface area contributed by atoms with Gasteiger partial charge in [-0.05, 0) is 43.9 Å². The molecular weight excluding hydrogens is 256 g/mol. The molecule has 2 atom stereocenters. The second-order valence-electron chi connectivity index (χ2n) is 5.28. The summed E-state index contributed by atoms with van der Waals surface area (Å²) >= 11 is 0. The van der Waals surface area contributed by atoms with E-state index in [0.29, 0.717) is 35.8 Å². The van der Waals surface area contributed by atoms with E-state index in [9.17, 15) is 4.79 Å². The summed E-state index contributed by atoms with van der Waals surface area (Å²) < 4.78 is 0. The minimum Gasteiger partial charge on any atom is -0.392 e. The Kier molecular flexibility index (Phi) is 5.05. The van der Waals surface area contributed by atoms with E-state index in [1.54, 1.807) is 12.1 Å². The molecule has 1 aromatic rings. The fraction of sp³-hybridized carbons (Fsp3) is 0.571. The first-order valence-corrected chi connectivity index (χ1v) is 6.97. The van der Waals surface area contributed by atoms with Gasteiger partial charge in [0.2, 0.25) is 0 Å². The molecule has 0 spiro atoms. The third kappa shape index (κ3) is 3.53. The van der Waals surface area contributed by atoms with Gasteiger partial charge in [-0.25, -0.2) is 0 Å². The molecule has 2 rings (SSSR count). The smallest absolute Gasteiger partial charge is 0.269 e. The van der Waals surface area contributed by atoms with Crippen molar-refractivity contribution in [1.29, 1.82) is 0 Å². The molecule has 4 N–H and O–H groups in total. The van der Waals surface area contributed by atoms with Crippen molar-refractivity contribution >= 4 is 5.91 Å². The number of hydrogen-bond acceptors (Lipinski definition) is 5. The van der Waals surface area contributed by atoms with E-state index in [0.717, 1.165) is 6.42 Å². The predicted octanol–water partition coefficient (Wildman–Crippen LogP) is 0.195. The van der Waals surface area contributed by atoms with E-state index >= 15 is 0 Å².